The lowest BCUT2D eigenvalue weighted by molar-refractivity contribution is 0.684. The second kappa shape index (κ2) is 2.33. The van der Waals surface area contributed by atoms with Gasteiger partial charge in [-0.3, -0.25) is 0 Å². The van der Waals surface area contributed by atoms with Gasteiger partial charge in [0.25, 0.3) is 0 Å². The van der Waals surface area contributed by atoms with Gasteiger partial charge in [0.15, 0.2) is 7.98 Å². The van der Waals surface area contributed by atoms with Crippen LogP contribution >= 0.6 is 0 Å². The van der Waals surface area contributed by atoms with Crippen molar-refractivity contribution in [3.05, 3.63) is 0 Å². The van der Waals surface area contributed by atoms with E-state index in [2.05, 4.69) is 10.5 Å². The Bertz CT molecular complexity index is 51.7. The summed E-state index contributed by atoms with van der Waals surface area (Å²) >= 11 is 0. The zero-order valence-corrected chi connectivity index (χ0v) is 4.28. The molecule has 3 heteroatoms. The fourth-order valence-corrected chi connectivity index (χ4v) is 0.797. The van der Waals surface area contributed by atoms with Crippen molar-refractivity contribution in [1.82, 2.24) is 10.5 Å². The van der Waals surface area contributed by atoms with Crippen LogP contribution in [0.5, 0.6) is 0 Å². The molecule has 1 aliphatic rings. The Balaban J connectivity index is 2.14. The van der Waals surface area contributed by atoms with Crippen LogP contribution in [0, 0.1) is 0 Å². The minimum atomic E-state index is 0.514. The van der Waals surface area contributed by atoms with Crippen LogP contribution in [0.25, 0.3) is 0 Å². The first-order valence-electron chi connectivity index (χ1n) is 2.60. The highest BCUT2D eigenvalue weighted by atomic mass is 15.0. The van der Waals surface area contributed by atoms with Gasteiger partial charge in [-0.2, -0.15) is 0 Å². The molecule has 1 rings (SSSR count). The van der Waals surface area contributed by atoms with Crippen molar-refractivity contribution >= 4 is 7.98 Å². The van der Waals surface area contributed by atoms with Gasteiger partial charge in [0.1, 0.15) is 0 Å². The lowest BCUT2D eigenvalue weighted by atomic mass is 10.2. The Morgan fingerprint density at radius 1 is 1.71 bits per heavy atom. The largest absolute Gasteiger partial charge is 0.363 e. The molecule has 0 saturated carbocycles. The van der Waals surface area contributed by atoms with Crippen LogP contribution in [0.15, 0.2) is 0 Å². The van der Waals surface area contributed by atoms with Crippen molar-refractivity contribution in [2.45, 2.75) is 12.5 Å². The summed E-state index contributed by atoms with van der Waals surface area (Å²) in [5.74, 6) is 0. The first kappa shape index (κ1) is 5.13. The molecule has 1 saturated heterocycles. The van der Waals surface area contributed by atoms with Crippen molar-refractivity contribution in [3.8, 4) is 0 Å². The number of nitrogens with one attached hydrogen (secondary N) is 2. The maximum Gasteiger partial charge on any atom is 0.178 e. The molecule has 7 heavy (non-hydrogen) atoms. The first-order chi connectivity index (χ1) is 3.43. The van der Waals surface area contributed by atoms with Crippen LogP contribution in [0.3, 0.4) is 0 Å². The quantitative estimate of drug-likeness (QED) is 0.410. The molecule has 0 aromatic rings. The summed E-state index contributed by atoms with van der Waals surface area (Å²) in [5, 5.41) is 5.88. The first-order valence-corrected chi connectivity index (χ1v) is 2.60. The van der Waals surface area contributed by atoms with Crippen LogP contribution in [-0.2, 0) is 0 Å². The predicted octanol–water partition coefficient (Wildman–Crippen LogP) is -0.979. The van der Waals surface area contributed by atoms with Crippen molar-refractivity contribution < 1.29 is 0 Å². The number of hydrogen-bond acceptors (Lipinski definition) is 2. The maximum atomic E-state index is 5.14. The lowest BCUT2D eigenvalue weighted by Crippen LogP contribution is -2.28. The Hall–Kier alpha value is -0.0151. The van der Waals surface area contributed by atoms with E-state index in [-0.39, 0.29) is 0 Å². The Kier molecular flexibility index (Phi) is 1.71. The lowest BCUT2D eigenvalue weighted by Gasteiger charge is -2.02. The Morgan fingerprint density at radius 2 is 2.57 bits per heavy atom. The highest BCUT2D eigenvalue weighted by Gasteiger charge is 2.09. The van der Waals surface area contributed by atoms with Crippen LogP contribution in [-0.4, -0.2) is 27.1 Å². The van der Waals surface area contributed by atoms with Crippen LogP contribution in [0.2, 0.25) is 0 Å². The molecule has 1 heterocycles. The summed E-state index contributed by atoms with van der Waals surface area (Å²) in [6, 6.07) is 0.514. The van der Waals surface area contributed by atoms with Crippen molar-refractivity contribution in [1.29, 1.82) is 0 Å². The van der Waals surface area contributed by atoms with Gasteiger partial charge >= 0.3 is 0 Å². The molecule has 2 nitrogen and oxygen atoms in total. The van der Waals surface area contributed by atoms with Crippen molar-refractivity contribution in [2.24, 2.45) is 0 Å². The molecule has 1 aliphatic heterocycles. The normalized spacial score (nSPS) is 31.1. The fraction of sp³-hybridized carbons (Fsp3) is 1.00. The van der Waals surface area contributed by atoms with E-state index in [0.717, 1.165) is 19.5 Å². The summed E-state index contributed by atoms with van der Waals surface area (Å²) in [4.78, 5) is 0. The zero-order chi connectivity index (χ0) is 5.11. The summed E-state index contributed by atoms with van der Waals surface area (Å²) in [5.41, 5.74) is 0. The van der Waals surface area contributed by atoms with Crippen LogP contribution in [0.1, 0.15) is 6.42 Å². The van der Waals surface area contributed by atoms with Crippen LogP contribution < -0.4 is 10.5 Å². The topological polar surface area (TPSA) is 24.1 Å². The monoisotopic (exact) mass is 96.1 g/mol. The van der Waals surface area contributed by atoms with E-state index < -0.39 is 0 Å². The fourth-order valence-electron chi connectivity index (χ4n) is 0.797. The molecule has 0 aromatic carbocycles. The molecule has 1 fully saturated rings. The third-order valence-corrected chi connectivity index (χ3v) is 1.30. The molecule has 1 unspecified atom stereocenters. The average Bonchev–Trinajstić information content (AvgIpc) is 2.14. The Labute approximate surface area is 45.1 Å². The zero-order valence-electron chi connectivity index (χ0n) is 4.28. The van der Waals surface area contributed by atoms with E-state index in [4.69, 9.17) is 7.98 Å². The smallest absolute Gasteiger partial charge is 0.178 e. The number of hydrogen-bond donors (Lipinski definition) is 2. The van der Waals surface area contributed by atoms with Gasteiger partial charge in [-0.15, -0.1) is 0 Å². The molecule has 0 amide bonds. The van der Waals surface area contributed by atoms with E-state index in [0.29, 0.717) is 6.04 Å². The molecule has 1 atom stereocenters. The second-order valence-corrected chi connectivity index (χ2v) is 1.86. The summed E-state index contributed by atoms with van der Waals surface area (Å²) in [7, 11) is 5.14. The van der Waals surface area contributed by atoms with E-state index in [9.17, 15) is 0 Å². The molecule has 0 aliphatic carbocycles. The molecule has 0 bridgehead atoms. The maximum absolute atomic E-state index is 5.14. The van der Waals surface area contributed by atoms with Crippen molar-refractivity contribution in [3.63, 3.8) is 0 Å². The van der Waals surface area contributed by atoms with Gasteiger partial charge in [0.2, 0.25) is 0 Å². The third kappa shape index (κ3) is 1.18. The highest BCUT2D eigenvalue weighted by molar-refractivity contribution is 6.04. The van der Waals surface area contributed by atoms with Gasteiger partial charge < -0.3 is 10.5 Å². The molecule has 0 aromatic heterocycles. The van der Waals surface area contributed by atoms with E-state index in [1.807, 2.05) is 0 Å². The average molecular weight is 95.9 g/mol. The minimum absolute atomic E-state index is 0.514. The number of rotatable bonds is 1. The molecule has 2 radical (unpaired) electrons. The SMILES string of the molecule is [B]NC1CCNC1. The second-order valence-electron chi connectivity index (χ2n) is 1.86. The third-order valence-electron chi connectivity index (χ3n) is 1.30. The van der Waals surface area contributed by atoms with E-state index in [1.165, 1.54) is 0 Å². The summed E-state index contributed by atoms with van der Waals surface area (Å²) in [6.45, 7) is 2.13. The molecular formula is C4H9BN2. The van der Waals surface area contributed by atoms with E-state index in [1.54, 1.807) is 0 Å². The standard InChI is InChI=1S/C4H9BN2/c5-7-4-1-2-6-3-4/h4,6-7H,1-3H2. The highest BCUT2D eigenvalue weighted by Crippen LogP contribution is 1.93. The van der Waals surface area contributed by atoms with Gasteiger partial charge in [-0.1, -0.05) is 0 Å². The summed E-state index contributed by atoms with van der Waals surface area (Å²) < 4.78 is 0. The van der Waals surface area contributed by atoms with E-state index >= 15 is 0 Å². The van der Waals surface area contributed by atoms with Gasteiger partial charge in [0, 0.05) is 12.6 Å². The van der Waals surface area contributed by atoms with Crippen molar-refractivity contribution in [2.75, 3.05) is 13.1 Å². The molecule has 2 N–H and O–H groups in total. The Morgan fingerprint density at radius 3 is 2.86 bits per heavy atom. The molecule has 38 valence electrons. The van der Waals surface area contributed by atoms with Crippen LogP contribution in [0.4, 0.5) is 0 Å². The molecular weight excluding hydrogens is 86.9 g/mol. The predicted molar refractivity (Wildman–Crippen MR) is 30.2 cm³/mol. The minimum Gasteiger partial charge on any atom is -0.363 e. The van der Waals surface area contributed by atoms with Gasteiger partial charge in [0.05, 0.1) is 0 Å². The summed E-state index contributed by atoms with van der Waals surface area (Å²) in [6.07, 6.45) is 1.16. The molecule has 0 spiro atoms. The van der Waals surface area contributed by atoms with Gasteiger partial charge in [-0.25, -0.2) is 0 Å². The van der Waals surface area contributed by atoms with Gasteiger partial charge in [-0.05, 0) is 13.0 Å².